The Balaban J connectivity index is 2.62. The largest absolute Gasteiger partial charge is 0.391 e. The van der Waals surface area contributed by atoms with Gasteiger partial charge in [-0.25, -0.2) is 9.67 Å². The Morgan fingerprint density at radius 2 is 2.29 bits per heavy atom. The van der Waals surface area contributed by atoms with Crippen LogP contribution in [0, 0.1) is 5.92 Å². The molecule has 5 heteroatoms. The predicted molar refractivity (Wildman–Crippen MR) is 53.6 cm³/mol. The van der Waals surface area contributed by atoms with Gasteiger partial charge in [-0.15, -0.1) is 0 Å². The van der Waals surface area contributed by atoms with Crippen molar-refractivity contribution in [1.82, 2.24) is 14.8 Å². The molecule has 0 aliphatic heterocycles. The second-order valence-electron chi connectivity index (χ2n) is 3.85. The molecule has 5 nitrogen and oxygen atoms in total. The van der Waals surface area contributed by atoms with Crippen LogP contribution in [0.2, 0.25) is 0 Å². The van der Waals surface area contributed by atoms with Crippen LogP contribution < -0.4 is 5.73 Å². The summed E-state index contributed by atoms with van der Waals surface area (Å²) in [7, 11) is 0. The van der Waals surface area contributed by atoms with Crippen LogP contribution in [0.15, 0.2) is 6.33 Å². The van der Waals surface area contributed by atoms with Crippen LogP contribution in [-0.2, 0) is 13.0 Å². The number of aliphatic hydroxyl groups is 1. The van der Waals surface area contributed by atoms with Gasteiger partial charge >= 0.3 is 0 Å². The molecule has 0 spiro atoms. The van der Waals surface area contributed by atoms with E-state index in [0.29, 0.717) is 12.3 Å². The molecule has 0 bridgehead atoms. The van der Waals surface area contributed by atoms with Gasteiger partial charge in [0.15, 0.2) is 0 Å². The average Bonchev–Trinajstić information content (AvgIpc) is 2.52. The first-order chi connectivity index (χ1) is 6.63. The van der Waals surface area contributed by atoms with Gasteiger partial charge in [0, 0.05) is 19.5 Å². The van der Waals surface area contributed by atoms with Gasteiger partial charge in [0.25, 0.3) is 0 Å². The minimum absolute atomic E-state index is 0.258. The van der Waals surface area contributed by atoms with Gasteiger partial charge in [0.05, 0.1) is 6.10 Å². The van der Waals surface area contributed by atoms with Crippen molar-refractivity contribution in [3.05, 3.63) is 12.2 Å². The normalized spacial score (nSPS) is 13.5. The van der Waals surface area contributed by atoms with Gasteiger partial charge in [-0.05, 0) is 5.92 Å². The first kappa shape index (κ1) is 11.1. The number of nitrogens with two attached hydrogens (primary N) is 1. The van der Waals surface area contributed by atoms with Crippen LogP contribution in [0.25, 0.3) is 0 Å². The summed E-state index contributed by atoms with van der Waals surface area (Å²) in [4.78, 5) is 4.09. The van der Waals surface area contributed by atoms with Crippen molar-refractivity contribution < 1.29 is 5.11 Å². The molecule has 0 amide bonds. The Hall–Kier alpha value is -0.940. The molecule has 1 aromatic rings. The van der Waals surface area contributed by atoms with Gasteiger partial charge in [0.1, 0.15) is 12.2 Å². The lowest BCUT2D eigenvalue weighted by Crippen LogP contribution is -2.24. The third kappa shape index (κ3) is 3.08. The number of aromatic nitrogens is 3. The smallest absolute Gasteiger partial charge is 0.138 e. The monoisotopic (exact) mass is 198 g/mol. The lowest BCUT2D eigenvalue weighted by molar-refractivity contribution is 0.178. The average molecular weight is 198 g/mol. The molecule has 3 N–H and O–H groups in total. The highest BCUT2D eigenvalue weighted by molar-refractivity contribution is 4.88. The third-order valence-electron chi connectivity index (χ3n) is 1.92. The highest BCUT2D eigenvalue weighted by Crippen LogP contribution is 2.03. The lowest BCUT2D eigenvalue weighted by Gasteiger charge is -2.10. The maximum absolute atomic E-state index is 9.38. The second kappa shape index (κ2) is 5.07. The number of nitrogens with zero attached hydrogens (tertiary/aromatic N) is 3. The number of rotatable bonds is 5. The van der Waals surface area contributed by atoms with Gasteiger partial charge in [-0.3, -0.25) is 0 Å². The Morgan fingerprint density at radius 3 is 2.86 bits per heavy atom. The lowest BCUT2D eigenvalue weighted by atomic mass is 10.2. The van der Waals surface area contributed by atoms with Crippen LogP contribution in [0.1, 0.15) is 19.7 Å². The SMILES string of the molecule is CC(C)Cn1ncnc1CC(O)CN. The molecular weight excluding hydrogens is 180 g/mol. The molecule has 0 aliphatic carbocycles. The number of hydrogen-bond donors (Lipinski definition) is 2. The molecule has 0 saturated heterocycles. The van der Waals surface area contributed by atoms with E-state index in [9.17, 15) is 5.11 Å². The van der Waals surface area contributed by atoms with E-state index < -0.39 is 6.10 Å². The summed E-state index contributed by atoms with van der Waals surface area (Å²) in [6.07, 6.45) is 1.47. The molecule has 1 aromatic heterocycles. The van der Waals surface area contributed by atoms with E-state index in [0.717, 1.165) is 12.4 Å². The molecule has 0 radical (unpaired) electrons. The summed E-state index contributed by atoms with van der Waals surface area (Å²) in [5.41, 5.74) is 5.33. The summed E-state index contributed by atoms with van der Waals surface area (Å²) >= 11 is 0. The summed E-state index contributed by atoms with van der Waals surface area (Å²) in [6.45, 7) is 5.32. The number of aliphatic hydroxyl groups excluding tert-OH is 1. The fraction of sp³-hybridized carbons (Fsp3) is 0.778. The fourth-order valence-corrected chi connectivity index (χ4v) is 1.24. The van der Waals surface area contributed by atoms with Crippen molar-refractivity contribution in [1.29, 1.82) is 0 Å². The van der Waals surface area contributed by atoms with Crippen LogP contribution in [0.4, 0.5) is 0 Å². The van der Waals surface area contributed by atoms with E-state index in [1.165, 1.54) is 6.33 Å². The predicted octanol–water partition coefficient (Wildman–Crippen LogP) is -0.204. The van der Waals surface area contributed by atoms with Crippen molar-refractivity contribution >= 4 is 0 Å². The summed E-state index contributed by atoms with van der Waals surface area (Å²) in [5, 5.41) is 13.5. The molecule has 1 rings (SSSR count). The Bertz CT molecular complexity index is 272. The van der Waals surface area contributed by atoms with E-state index in [-0.39, 0.29) is 6.54 Å². The molecular formula is C9H18N4O. The number of hydrogen-bond acceptors (Lipinski definition) is 4. The molecule has 0 aromatic carbocycles. The molecule has 1 unspecified atom stereocenters. The van der Waals surface area contributed by atoms with E-state index >= 15 is 0 Å². The summed E-state index contributed by atoms with van der Waals surface area (Å²) in [6, 6.07) is 0. The molecule has 0 saturated carbocycles. The van der Waals surface area contributed by atoms with Crippen LogP contribution in [-0.4, -0.2) is 32.5 Å². The molecule has 1 heterocycles. The van der Waals surface area contributed by atoms with Crippen molar-refractivity contribution in [3.63, 3.8) is 0 Å². The first-order valence-corrected chi connectivity index (χ1v) is 4.88. The first-order valence-electron chi connectivity index (χ1n) is 4.88. The Kier molecular flexibility index (Phi) is 4.03. The van der Waals surface area contributed by atoms with Crippen LogP contribution in [0.3, 0.4) is 0 Å². The molecule has 1 atom stereocenters. The van der Waals surface area contributed by atoms with E-state index in [1.54, 1.807) is 0 Å². The quantitative estimate of drug-likeness (QED) is 0.686. The van der Waals surface area contributed by atoms with Gasteiger partial charge < -0.3 is 10.8 Å². The molecule has 0 fully saturated rings. The zero-order chi connectivity index (χ0) is 10.6. The highest BCUT2D eigenvalue weighted by atomic mass is 16.3. The topological polar surface area (TPSA) is 77.0 Å². The maximum Gasteiger partial charge on any atom is 0.138 e. The minimum Gasteiger partial charge on any atom is -0.391 e. The fourth-order valence-electron chi connectivity index (χ4n) is 1.24. The van der Waals surface area contributed by atoms with Crippen molar-refractivity contribution in [2.75, 3.05) is 6.54 Å². The van der Waals surface area contributed by atoms with Gasteiger partial charge in [-0.2, -0.15) is 5.10 Å². The maximum atomic E-state index is 9.38. The van der Waals surface area contributed by atoms with E-state index in [1.807, 2.05) is 4.68 Å². The molecule has 14 heavy (non-hydrogen) atoms. The summed E-state index contributed by atoms with van der Waals surface area (Å²) in [5.74, 6) is 1.32. The van der Waals surface area contributed by atoms with Gasteiger partial charge in [0.2, 0.25) is 0 Å². The van der Waals surface area contributed by atoms with Gasteiger partial charge in [-0.1, -0.05) is 13.8 Å². The standard InChI is InChI=1S/C9H18N4O/c1-7(2)5-13-9(11-6-12-13)3-8(14)4-10/h6-8,14H,3-5,10H2,1-2H3. The third-order valence-corrected chi connectivity index (χ3v) is 1.92. The Morgan fingerprint density at radius 1 is 1.57 bits per heavy atom. The zero-order valence-electron chi connectivity index (χ0n) is 8.72. The van der Waals surface area contributed by atoms with Crippen molar-refractivity contribution in [2.24, 2.45) is 11.7 Å². The summed E-state index contributed by atoms with van der Waals surface area (Å²) < 4.78 is 1.82. The molecule has 0 aliphatic rings. The Labute approximate surface area is 83.9 Å². The highest BCUT2D eigenvalue weighted by Gasteiger charge is 2.10. The van der Waals surface area contributed by atoms with Crippen LogP contribution in [0.5, 0.6) is 0 Å². The molecule has 80 valence electrons. The van der Waals surface area contributed by atoms with Crippen molar-refractivity contribution in [2.45, 2.75) is 32.9 Å². The van der Waals surface area contributed by atoms with Crippen molar-refractivity contribution in [3.8, 4) is 0 Å². The van der Waals surface area contributed by atoms with E-state index in [4.69, 9.17) is 5.73 Å². The zero-order valence-corrected chi connectivity index (χ0v) is 8.72. The second-order valence-corrected chi connectivity index (χ2v) is 3.85. The van der Waals surface area contributed by atoms with Crippen LogP contribution >= 0.6 is 0 Å². The van der Waals surface area contributed by atoms with E-state index in [2.05, 4.69) is 23.9 Å². The minimum atomic E-state index is -0.523.